The molecule has 0 bridgehead atoms. The Labute approximate surface area is 238 Å². The first-order valence-corrected chi connectivity index (χ1v) is 13.2. The van der Waals surface area contributed by atoms with Crippen LogP contribution >= 0.6 is 0 Å². The maximum Gasteiger partial charge on any atom is 0.251 e. The molecule has 4 aromatic carbocycles. The Morgan fingerprint density at radius 2 is 1.63 bits per heavy atom. The van der Waals surface area contributed by atoms with Crippen LogP contribution in [0.3, 0.4) is 0 Å². The number of carbonyl (C=O) groups excluding carboxylic acids is 2. The van der Waals surface area contributed by atoms with Crippen LogP contribution in [0.2, 0.25) is 0 Å². The second-order valence-corrected chi connectivity index (χ2v) is 9.61. The fourth-order valence-corrected chi connectivity index (χ4v) is 4.68. The molecule has 5 rings (SSSR count). The van der Waals surface area contributed by atoms with Gasteiger partial charge in [-0.05, 0) is 42.3 Å². The number of rotatable bonds is 10. The van der Waals surface area contributed by atoms with Gasteiger partial charge in [0, 0.05) is 12.6 Å². The number of hydrogen-bond donors (Lipinski definition) is 1. The molecule has 1 atom stereocenters. The molecule has 0 aliphatic rings. The highest BCUT2D eigenvalue weighted by Gasteiger charge is 2.32. The summed E-state index contributed by atoms with van der Waals surface area (Å²) in [6.45, 7) is 2.12. The topological polar surface area (TPSA) is 98.6 Å². The first kappa shape index (κ1) is 27.4. The molecule has 2 amide bonds. The minimum Gasteiger partial charge on any atom is -0.497 e. The Morgan fingerprint density at radius 3 is 2.37 bits per heavy atom. The largest absolute Gasteiger partial charge is 0.497 e. The highest BCUT2D eigenvalue weighted by Crippen LogP contribution is 2.32. The molecule has 0 fully saturated rings. The number of methoxy groups -OCH3 is 2. The summed E-state index contributed by atoms with van der Waals surface area (Å²) in [5.41, 5.74) is 4.55. The van der Waals surface area contributed by atoms with Gasteiger partial charge in [0.1, 0.15) is 29.6 Å². The quantitative estimate of drug-likeness (QED) is 0.258. The van der Waals surface area contributed by atoms with E-state index in [0.717, 1.165) is 16.6 Å². The summed E-state index contributed by atoms with van der Waals surface area (Å²) in [7, 11) is 3.08. The number of aryl methyl sites for hydroxylation is 1. The average molecular weight is 550 g/mol. The van der Waals surface area contributed by atoms with E-state index in [4.69, 9.17) is 9.47 Å². The molecule has 1 N–H and O–H groups in total. The maximum atomic E-state index is 14.1. The Kier molecular flexibility index (Phi) is 8.24. The van der Waals surface area contributed by atoms with Crippen molar-refractivity contribution in [3.8, 4) is 11.5 Å². The third-order valence-corrected chi connectivity index (χ3v) is 6.84. The van der Waals surface area contributed by atoms with E-state index in [1.165, 1.54) is 7.11 Å². The zero-order valence-corrected chi connectivity index (χ0v) is 23.2. The standard InChI is InChI=1S/C32H31N5O4/c1-22-13-15-23(16-14-22)20-36(30(38)21-37-28-12-8-7-11-26(28)34-35-37)31(24-9-5-4-6-10-24)32(39)33-27-18-17-25(40-2)19-29(27)41-3/h4-19,31H,20-21H2,1-3H3,(H,33,39)/t31-/m0/s1. The molecule has 0 saturated carbocycles. The molecule has 208 valence electrons. The normalized spacial score (nSPS) is 11.6. The number of nitrogens with one attached hydrogen (secondary N) is 1. The van der Waals surface area contributed by atoms with Crippen LogP contribution in [-0.2, 0) is 22.7 Å². The van der Waals surface area contributed by atoms with Crippen molar-refractivity contribution in [2.45, 2.75) is 26.1 Å². The molecular formula is C32H31N5O4. The van der Waals surface area contributed by atoms with E-state index in [1.54, 1.807) is 34.9 Å². The zero-order chi connectivity index (χ0) is 28.8. The van der Waals surface area contributed by atoms with Gasteiger partial charge in [-0.15, -0.1) is 5.10 Å². The molecule has 0 radical (unpaired) electrons. The van der Waals surface area contributed by atoms with Crippen molar-refractivity contribution < 1.29 is 19.1 Å². The molecule has 0 unspecified atom stereocenters. The smallest absolute Gasteiger partial charge is 0.251 e. The van der Waals surface area contributed by atoms with E-state index in [2.05, 4.69) is 15.6 Å². The molecule has 5 aromatic rings. The lowest BCUT2D eigenvalue weighted by atomic mass is 10.0. The number of nitrogens with zero attached hydrogens (tertiary/aromatic N) is 4. The monoisotopic (exact) mass is 549 g/mol. The van der Waals surface area contributed by atoms with Crippen LogP contribution in [0.15, 0.2) is 97.1 Å². The predicted molar refractivity (Wildman–Crippen MR) is 157 cm³/mol. The van der Waals surface area contributed by atoms with Gasteiger partial charge in [-0.25, -0.2) is 4.68 Å². The van der Waals surface area contributed by atoms with Crippen LogP contribution in [0.25, 0.3) is 11.0 Å². The number of ether oxygens (including phenoxy) is 2. The lowest BCUT2D eigenvalue weighted by Gasteiger charge is -2.32. The lowest BCUT2D eigenvalue weighted by molar-refractivity contribution is -0.140. The van der Waals surface area contributed by atoms with Gasteiger partial charge in [0.25, 0.3) is 5.91 Å². The number of amides is 2. The minimum atomic E-state index is -0.952. The van der Waals surface area contributed by atoms with Gasteiger partial charge in [-0.1, -0.05) is 77.5 Å². The van der Waals surface area contributed by atoms with Crippen LogP contribution in [-0.4, -0.2) is 45.9 Å². The van der Waals surface area contributed by atoms with Crippen LogP contribution in [0.4, 0.5) is 5.69 Å². The van der Waals surface area contributed by atoms with Gasteiger partial charge in [0.05, 0.1) is 25.4 Å². The number of para-hydroxylation sites is 1. The van der Waals surface area contributed by atoms with E-state index in [9.17, 15) is 9.59 Å². The summed E-state index contributed by atoms with van der Waals surface area (Å²) >= 11 is 0. The van der Waals surface area contributed by atoms with Crippen molar-refractivity contribution in [3.05, 3.63) is 114 Å². The second-order valence-electron chi connectivity index (χ2n) is 9.61. The van der Waals surface area contributed by atoms with Crippen molar-refractivity contribution in [1.29, 1.82) is 0 Å². The van der Waals surface area contributed by atoms with Crippen LogP contribution < -0.4 is 14.8 Å². The lowest BCUT2D eigenvalue weighted by Crippen LogP contribution is -2.42. The van der Waals surface area contributed by atoms with Gasteiger partial charge in [-0.3, -0.25) is 9.59 Å². The molecule has 0 spiro atoms. The van der Waals surface area contributed by atoms with Gasteiger partial charge in [0.2, 0.25) is 5.91 Å². The SMILES string of the molecule is COc1ccc(NC(=O)[C@H](c2ccccc2)N(Cc2ccc(C)cc2)C(=O)Cn2nnc3ccccc32)c(OC)c1. The fourth-order valence-electron chi connectivity index (χ4n) is 4.68. The molecule has 9 nitrogen and oxygen atoms in total. The van der Waals surface area contributed by atoms with Gasteiger partial charge in [-0.2, -0.15) is 0 Å². The summed E-state index contributed by atoms with van der Waals surface area (Å²) in [6.07, 6.45) is 0. The van der Waals surface area contributed by atoms with E-state index < -0.39 is 6.04 Å². The van der Waals surface area contributed by atoms with Gasteiger partial charge in [0.15, 0.2) is 0 Å². The number of benzene rings is 4. The fraction of sp³-hybridized carbons (Fsp3) is 0.188. The number of fused-ring (bicyclic) bond motifs is 1. The second kappa shape index (κ2) is 12.3. The summed E-state index contributed by atoms with van der Waals surface area (Å²) in [5.74, 6) is 0.362. The molecule has 9 heteroatoms. The van der Waals surface area contributed by atoms with E-state index >= 15 is 0 Å². The van der Waals surface area contributed by atoms with E-state index in [-0.39, 0.29) is 24.9 Å². The highest BCUT2D eigenvalue weighted by atomic mass is 16.5. The highest BCUT2D eigenvalue weighted by molar-refractivity contribution is 5.99. The Morgan fingerprint density at radius 1 is 0.902 bits per heavy atom. The summed E-state index contributed by atoms with van der Waals surface area (Å²) < 4.78 is 12.4. The number of carbonyl (C=O) groups is 2. The molecular weight excluding hydrogens is 518 g/mol. The minimum absolute atomic E-state index is 0.0884. The average Bonchev–Trinajstić information content (AvgIpc) is 3.41. The maximum absolute atomic E-state index is 14.1. The first-order chi connectivity index (χ1) is 20.0. The summed E-state index contributed by atoms with van der Waals surface area (Å²) in [6, 6.07) is 28.8. The summed E-state index contributed by atoms with van der Waals surface area (Å²) in [5, 5.41) is 11.4. The Balaban J connectivity index is 1.54. The zero-order valence-electron chi connectivity index (χ0n) is 23.2. The third-order valence-electron chi connectivity index (χ3n) is 6.84. The first-order valence-electron chi connectivity index (χ1n) is 13.2. The van der Waals surface area contributed by atoms with Crippen LogP contribution in [0.1, 0.15) is 22.7 Å². The van der Waals surface area contributed by atoms with E-state index in [0.29, 0.717) is 28.3 Å². The Bertz CT molecular complexity index is 1650. The van der Waals surface area contributed by atoms with Crippen LogP contribution in [0.5, 0.6) is 11.5 Å². The molecule has 41 heavy (non-hydrogen) atoms. The van der Waals surface area contributed by atoms with Crippen LogP contribution in [0, 0.1) is 6.92 Å². The molecule has 0 aliphatic carbocycles. The van der Waals surface area contributed by atoms with E-state index in [1.807, 2.05) is 85.8 Å². The molecule has 0 saturated heterocycles. The Hall–Kier alpha value is -5.18. The number of anilines is 1. The van der Waals surface area contributed by atoms with Crippen molar-refractivity contribution in [2.24, 2.45) is 0 Å². The number of aromatic nitrogens is 3. The van der Waals surface area contributed by atoms with Crippen molar-refractivity contribution in [2.75, 3.05) is 19.5 Å². The number of hydrogen-bond acceptors (Lipinski definition) is 6. The van der Waals surface area contributed by atoms with Gasteiger partial charge >= 0.3 is 0 Å². The molecule has 1 heterocycles. The van der Waals surface area contributed by atoms with Crippen molar-refractivity contribution >= 4 is 28.5 Å². The summed E-state index contributed by atoms with van der Waals surface area (Å²) in [4.78, 5) is 29.8. The predicted octanol–water partition coefficient (Wildman–Crippen LogP) is 5.17. The third kappa shape index (κ3) is 6.19. The molecule has 0 aliphatic heterocycles. The van der Waals surface area contributed by atoms with Crippen molar-refractivity contribution in [1.82, 2.24) is 19.9 Å². The molecule has 1 aromatic heterocycles. The van der Waals surface area contributed by atoms with Crippen molar-refractivity contribution in [3.63, 3.8) is 0 Å². The van der Waals surface area contributed by atoms with Gasteiger partial charge < -0.3 is 19.7 Å².